The Morgan fingerprint density at radius 3 is 2.76 bits per heavy atom. The van der Waals surface area contributed by atoms with Crippen LogP contribution in [0.15, 0.2) is 42.5 Å². The number of carbonyl (C=O) groups excluding carboxylic acids is 2. The molecule has 4 rings (SSSR count). The third-order valence-corrected chi connectivity index (χ3v) is 5.78. The molecule has 2 aromatic carbocycles. The van der Waals surface area contributed by atoms with Gasteiger partial charge in [0, 0.05) is 48.3 Å². The highest BCUT2D eigenvalue weighted by atomic mass is 16.6. The number of nitro benzene ring substituents is 1. The molecule has 1 N–H and O–H groups in total. The number of aromatic nitrogens is 1. The monoisotopic (exact) mass is 448 g/mol. The first-order chi connectivity index (χ1) is 15.7. The number of rotatable bonds is 5. The van der Waals surface area contributed by atoms with Gasteiger partial charge in [0.25, 0.3) is 11.6 Å². The number of hydrogen-bond acceptors (Lipinski definition) is 7. The average Bonchev–Trinajstić information content (AvgIpc) is 2.78. The van der Waals surface area contributed by atoms with E-state index in [2.05, 4.69) is 10.2 Å². The lowest BCUT2D eigenvalue weighted by molar-refractivity contribution is -0.384. The summed E-state index contributed by atoms with van der Waals surface area (Å²) in [7, 11) is 1.98. The normalized spacial score (nSPS) is 14.4. The van der Waals surface area contributed by atoms with Crippen LogP contribution in [-0.2, 0) is 22.5 Å². The van der Waals surface area contributed by atoms with Gasteiger partial charge in [0.15, 0.2) is 6.10 Å². The third-order valence-electron chi connectivity index (χ3n) is 5.78. The highest BCUT2D eigenvalue weighted by Gasteiger charge is 2.28. The van der Waals surface area contributed by atoms with Crippen molar-refractivity contribution in [1.82, 2.24) is 9.88 Å². The van der Waals surface area contributed by atoms with Crippen molar-refractivity contribution in [2.75, 3.05) is 18.9 Å². The molecule has 1 aromatic heterocycles. The molecule has 1 atom stereocenters. The number of carbonyl (C=O) groups is 2. The standard InChI is InChI=1S/C24H24N4O5/c1-14-8-9-16(28(31)32)12-21(14)26-23(29)15(2)33-24(30)22-17-6-4-5-7-19(17)25-20-10-11-27(3)13-18(20)22/h4-9,12,15H,10-11,13H2,1-3H3,(H,26,29). The quantitative estimate of drug-likeness (QED) is 0.360. The minimum atomic E-state index is -1.11. The molecular formula is C24H24N4O5. The van der Waals surface area contributed by atoms with E-state index in [1.807, 2.05) is 31.3 Å². The van der Waals surface area contributed by atoms with Crippen molar-refractivity contribution in [3.05, 3.63) is 75.0 Å². The van der Waals surface area contributed by atoms with Crippen molar-refractivity contribution in [2.45, 2.75) is 32.9 Å². The van der Waals surface area contributed by atoms with Crippen LogP contribution in [0.1, 0.15) is 34.1 Å². The Labute approximate surface area is 190 Å². The Balaban J connectivity index is 1.60. The summed E-state index contributed by atoms with van der Waals surface area (Å²) in [5.41, 5.74) is 3.62. The minimum absolute atomic E-state index is 0.139. The van der Waals surface area contributed by atoms with Gasteiger partial charge in [-0.2, -0.15) is 0 Å². The van der Waals surface area contributed by atoms with Gasteiger partial charge >= 0.3 is 5.97 Å². The van der Waals surface area contributed by atoms with Gasteiger partial charge in [-0.3, -0.25) is 19.9 Å². The SMILES string of the molecule is Cc1ccc([N+](=O)[O-])cc1NC(=O)C(C)OC(=O)c1c2c(nc3ccccc13)CCN(C)C2. The maximum Gasteiger partial charge on any atom is 0.339 e. The first-order valence-corrected chi connectivity index (χ1v) is 10.6. The first kappa shape index (κ1) is 22.3. The van der Waals surface area contributed by atoms with Gasteiger partial charge in [-0.15, -0.1) is 0 Å². The van der Waals surface area contributed by atoms with Crippen LogP contribution in [0.3, 0.4) is 0 Å². The molecule has 2 heterocycles. The number of ether oxygens (including phenoxy) is 1. The topological polar surface area (TPSA) is 115 Å². The van der Waals surface area contributed by atoms with Crippen LogP contribution < -0.4 is 5.32 Å². The Bertz CT molecular complexity index is 1270. The highest BCUT2D eigenvalue weighted by molar-refractivity contribution is 6.06. The molecule has 0 fully saturated rings. The summed E-state index contributed by atoms with van der Waals surface area (Å²) in [5.74, 6) is -1.17. The molecule has 33 heavy (non-hydrogen) atoms. The number of benzene rings is 2. The first-order valence-electron chi connectivity index (χ1n) is 10.6. The molecule has 0 radical (unpaired) electrons. The van der Waals surface area contributed by atoms with Crippen molar-refractivity contribution in [3.63, 3.8) is 0 Å². The molecule has 0 bridgehead atoms. The van der Waals surface area contributed by atoms with Crippen LogP contribution in [0, 0.1) is 17.0 Å². The zero-order valence-electron chi connectivity index (χ0n) is 18.6. The molecule has 1 amide bonds. The summed E-state index contributed by atoms with van der Waals surface area (Å²) in [5, 5.41) is 14.4. The van der Waals surface area contributed by atoms with Crippen molar-refractivity contribution in [2.24, 2.45) is 0 Å². The predicted octanol–water partition coefficient (Wildman–Crippen LogP) is 3.62. The van der Waals surface area contributed by atoms with Crippen LogP contribution in [0.5, 0.6) is 0 Å². The molecule has 0 saturated heterocycles. The maximum absolute atomic E-state index is 13.3. The van der Waals surface area contributed by atoms with Crippen molar-refractivity contribution < 1.29 is 19.2 Å². The summed E-state index contributed by atoms with van der Waals surface area (Å²) < 4.78 is 5.57. The number of para-hydroxylation sites is 1. The van der Waals surface area contributed by atoms with Gasteiger partial charge in [-0.25, -0.2) is 4.79 Å². The molecule has 9 nitrogen and oxygen atoms in total. The number of esters is 1. The molecule has 1 aliphatic rings. The maximum atomic E-state index is 13.3. The minimum Gasteiger partial charge on any atom is -0.449 e. The number of non-ortho nitro benzene ring substituents is 1. The number of fused-ring (bicyclic) bond motifs is 2. The lowest BCUT2D eigenvalue weighted by Gasteiger charge is -2.27. The summed E-state index contributed by atoms with van der Waals surface area (Å²) in [6, 6.07) is 11.6. The molecule has 0 spiro atoms. The van der Waals surface area contributed by atoms with Gasteiger partial charge in [0.1, 0.15) is 0 Å². The van der Waals surface area contributed by atoms with E-state index in [0.29, 0.717) is 34.3 Å². The molecule has 9 heteroatoms. The summed E-state index contributed by atoms with van der Waals surface area (Å²) in [6.45, 7) is 4.60. The van der Waals surface area contributed by atoms with Crippen molar-refractivity contribution in [3.8, 4) is 0 Å². The van der Waals surface area contributed by atoms with Crippen molar-refractivity contribution in [1.29, 1.82) is 0 Å². The van der Waals surface area contributed by atoms with Gasteiger partial charge in [0.05, 0.1) is 21.7 Å². The number of nitrogens with one attached hydrogen (secondary N) is 1. The summed E-state index contributed by atoms with van der Waals surface area (Å²) >= 11 is 0. The molecule has 170 valence electrons. The zero-order valence-corrected chi connectivity index (χ0v) is 18.6. The summed E-state index contributed by atoms with van der Waals surface area (Å²) in [6.07, 6.45) is -0.390. The Morgan fingerprint density at radius 1 is 1.24 bits per heavy atom. The second-order valence-corrected chi connectivity index (χ2v) is 8.21. The third kappa shape index (κ3) is 4.54. The van der Waals surface area contributed by atoms with Gasteiger partial charge in [0.2, 0.25) is 0 Å². The van der Waals surface area contributed by atoms with Crippen molar-refractivity contribution >= 4 is 34.2 Å². The largest absolute Gasteiger partial charge is 0.449 e. The van der Waals surface area contributed by atoms with E-state index < -0.39 is 22.9 Å². The Kier molecular flexibility index (Phi) is 6.06. The van der Waals surface area contributed by atoms with E-state index in [-0.39, 0.29) is 5.69 Å². The van der Waals surface area contributed by atoms with Crippen LogP contribution in [0.2, 0.25) is 0 Å². The molecule has 0 saturated carbocycles. The van der Waals surface area contributed by atoms with E-state index in [1.54, 1.807) is 13.0 Å². The van der Waals surface area contributed by atoms with E-state index in [9.17, 15) is 19.7 Å². The van der Waals surface area contributed by atoms with Gasteiger partial charge in [-0.05, 0) is 32.5 Å². The van der Waals surface area contributed by atoms with E-state index in [0.717, 1.165) is 24.2 Å². The lowest BCUT2D eigenvalue weighted by Crippen LogP contribution is -2.32. The van der Waals surface area contributed by atoms with E-state index in [1.165, 1.54) is 19.1 Å². The predicted molar refractivity (Wildman–Crippen MR) is 123 cm³/mol. The number of hydrogen-bond donors (Lipinski definition) is 1. The fraction of sp³-hybridized carbons (Fsp3) is 0.292. The van der Waals surface area contributed by atoms with Crippen LogP contribution in [-0.4, -0.2) is 46.4 Å². The summed E-state index contributed by atoms with van der Waals surface area (Å²) in [4.78, 5) is 43.4. The number of nitrogens with zero attached hydrogens (tertiary/aromatic N) is 3. The number of nitro groups is 1. The van der Waals surface area contributed by atoms with Crippen LogP contribution in [0.25, 0.3) is 10.9 Å². The number of aryl methyl sites for hydroxylation is 1. The number of pyridine rings is 1. The van der Waals surface area contributed by atoms with E-state index in [4.69, 9.17) is 9.72 Å². The second kappa shape index (κ2) is 8.95. The fourth-order valence-electron chi connectivity index (χ4n) is 3.92. The van der Waals surface area contributed by atoms with Crippen LogP contribution >= 0.6 is 0 Å². The Hall–Kier alpha value is -3.85. The molecular weight excluding hydrogens is 424 g/mol. The number of anilines is 1. The number of amides is 1. The van der Waals surface area contributed by atoms with Crippen LogP contribution in [0.4, 0.5) is 11.4 Å². The van der Waals surface area contributed by atoms with Gasteiger partial charge < -0.3 is 15.0 Å². The average molecular weight is 448 g/mol. The molecule has 1 aliphatic heterocycles. The highest BCUT2D eigenvalue weighted by Crippen LogP contribution is 2.29. The molecule has 1 unspecified atom stereocenters. The molecule has 3 aromatic rings. The Morgan fingerprint density at radius 2 is 2.00 bits per heavy atom. The fourth-order valence-corrected chi connectivity index (χ4v) is 3.92. The molecule has 0 aliphatic carbocycles. The lowest BCUT2D eigenvalue weighted by atomic mass is 9.96. The zero-order chi connectivity index (χ0) is 23.7. The second-order valence-electron chi connectivity index (χ2n) is 8.21. The smallest absolute Gasteiger partial charge is 0.339 e. The number of likely N-dealkylation sites (N-methyl/N-ethyl adjacent to an activating group) is 1. The van der Waals surface area contributed by atoms with E-state index >= 15 is 0 Å². The van der Waals surface area contributed by atoms with Gasteiger partial charge in [-0.1, -0.05) is 24.3 Å².